The Morgan fingerprint density at radius 1 is 1.31 bits per heavy atom. The van der Waals surface area contributed by atoms with Gasteiger partial charge in [0.05, 0.1) is 0 Å². The van der Waals surface area contributed by atoms with E-state index in [1.165, 1.54) is 5.56 Å². The van der Waals surface area contributed by atoms with Crippen LogP contribution in [0.4, 0.5) is 0 Å². The lowest BCUT2D eigenvalue weighted by Crippen LogP contribution is -2.26. The number of allylic oxidation sites excluding steroid dienone is 1. The van der Waals surface area contributed by atoms with Crippen LogP contribution in [0, 0.1) is 5.41 Å². The number of carbonyl (C=O) groups excluding carboxylic acids is 1. The number of benzene rings is 1. The van der Waals surface area contributed by atoms with Crippen molar-refractivity contribution in [1.29, 1.82) is 0 Å². The van der Waals surface area contributed by atoms with Crippen molar-refractivity contribution < 1.29 is 4.79 Å². The van der Waals surface area contributed by atoms with Crippen LogP contribution in [0.1, 0.15) is 38.2 Å². The van der Waals surface area contributed by atoms with Crippen LogP contribution in [-0.4, -0.2) is 5.78 Å². The zero-order valence-electron chi connectivity index (χ0n) is 9.83. The molecule has 1 aliphatic rings. The van der Waals surface area contributed by atoms with E-state index in [1.54, 1.807) is 0 Å². The highest BCUT2D eigenvalue weighted by molar-refractivity contribution is 5.84. The second-order valence-corrected chi connectivity index (χ2v) is 4.97. The van der Waals surface area contributed by atoms with Gasteiger partial charge in [0.15, 0.2) is 0 Å². The largest absolute Gasteiger partial charge is 0.300 e. The molecule has 1 aliphatic carbocycles. The van der Waals surface area contributed by atoms with Crippen LogP contribution in [0.15, 0.2) is 36.9 Å². The molecular formula is C15H18O. The second kappa shape index (κ2) is 4.25. The molecule has 1 saturated carbocycles. The topological polar surface area (TPSA) is 17.1 Å². The minimum atomic E-state index is -0.0311. The third kappa shape index (κ3) is 2.08. The summed E-state index contributed by atoms with van der Waals surface area (Å²) in [5.74, 6) is 0.380. The van der Waals surface area contributed by atoms with E-state index in [2.05, 4.69) is 25.6 Å². The van der Waals surface area contributed by atoms with Crippen LogP contribution in [0.25, 0.3) is 5.57 Å². The molecule has 16 heavy (non-hydrogen) atoms. The van der Waals surface area contributed by atoms with Gasteiger partial charge >= 0.3 is 0 Å². The van der Waals surface area contributed by atoms with E-state index < -0.39 is 0 Å². The van der Waals surface area contributed by atoms with Crippen LogP contribution in [0.2, 0.25) is 0 Å². The molecule has 0 amide bonds. The van der Waals surface area contributed by atoms with Crippen LogP contribution in [0.3, 0.4) is 0 Å². The zero-order chi connectivity index (χ0) is 11.6. The summed E-state index contributed by atoms with van der Waals surface area (Å²) in [6.45, 7) is 6.37. The van der Waals surface area contributed by atoms with Crippen molar-refractivity contribution in [1.82, 2.24) is 0 Å². The number of hydrogen-bond donors (Lipinski definition) is 0. The molecule has 2 rings (SSSR count). The van der Waals surface area contributed by atoms with Gasteiger partial charge in [0.1, 0.15) is 5.78 Å². The number of rotatable bonds is 2. The van der Waals surface area contributed by atoms with Crippen molar-refractivity contribution in [2.75, 3.05) is 0 Å². The summed E-state index contributed by atoms with van der Waals surface area (Å²) in [6, 6.07) is 10.2. The number of Topliss-reactive ketones (excluding diaryl/α,β-unsaturated/α-hetero) is 1. The molecule has 0 unspecified atom stereocenters. The van der Waals surface area contributed by atoms with Gasteiger partial charge in [-0.3, -0.25) is 4.79 Å². The monoisotopic (exact) mass is 214 g/mol. The maximum Gasteiger partial charge on any atom is 0.133 e. The number of hydrogen-bond acceptors (Lipinski definition) is 1. The van der Waals surface area contributed by atoms with Crippen molar-refractivity contribution >= 4 is 11.4 Å². The van der Waals surface area contributed by atoms with Crippen LogP contribution < -0.4 is 0 Å². The minimum Gasteiger partial charge on any atom is -0.300 e. The van der Waals surface area contributed by atoms with E-state index in [9.17, 15) is 4.79 Å². The van der Waals surface area contributed by atoms with Crippen LogP contribution >= 0.6 is 0 Å². The maximum atomic E-state index is 11.6. The minimum absolute atomic E-state index is 0.0311. The molecular weight excluding hydrogens is 196 g/mol. The molecule has 1 aromatic carbocycles. The van der Waals surface area contributed by atoms with E-state index in [-0.39, 0.29) is 5.41 Å². The predicted molar refractivity (Wildman–Crippen MR) is 67.1 cm³/mol. The van der Waals surface area contributed by atoms with Crippen molar-refractivity contribution in [3.8, 4) is 0 Å². The van der Waals surface area contributed by atoms with Crippen molar-refractivity contribution in [3.05, 3.63) is 42.5 Å². The quantitative estimate of drug-likeness (QED) is 0.730. The molecule has 1 fully saturated rings. The summed E-state index contributed by atoms with van der Waals surface area (Å²) in [5, 5.41) is 0. The van der Waals surface area contributed by atoms with E-state index in [4.69, 9.17) is 0 Å². The van der Waals surface area contributed by atoms with Gasteiger partial charge < -0.3 is 0 Å². The van der Waals surface area contributed by atoms with E-state index in [0.717, 1.165) is 24.8 Å². The third-order valence-electron chi connectivity index (χ3n) is 3.62. The Morgan fingerprint density at radius 3 is 2.62 bits per heavy atom. The lowest BCUT2D eigenvalue weighted by Gasteiger charge is -2.35. The van der Waals surface area contributed by atoms with E-state index in [0.29, 0.717) is 12.2 Å². The molecule has 0 radical (unpaired) electrons. The van der Waals surface area contributed by atoms with Gasteiger partial charge in [-0.15, -0.1) is 0 Å². The summed E-state index contributed by atoms with van der Waals surface area (Å²) in [7, 11) is 0. The molecule has 0 aromatic heterocycles. The Morgan fingerprint density at radius 2 is 2.00 bits per heavy atom. The number of ketones is 1. The fourth-order valence-corrected chi connectivity index (χ4v) is 2.53. The SMILES string of the molecule is C=C(c1ccccc1)[C@]1(C)CCCC(=O)C1. The summed E-state index contributed by atoms with van der Waals surface area (Å²) >= 11 is 0. The molecule has 1 heteroatoms. The van der Waals surface area contributed by atoms with Crippen molar-refractivity contribution in [2.45, 2.75) is 32.6 Å². The Bertz CT molecular complexity index is 405. The molecule has 0 heterocycles. The van der Waals surface area contributed by atoms with Gasteiger partial charge in [-0.2, -0.15) is 0 Å². The Labute approximate surface area is 97.2 Å². The van der Waals surface area contributed by atoms with Crippen LogP contribution in [0.5, 0.6) is 0 Å². The highest BCUT2D eigenvalue weighted by atomic mass is 16.1. The van der Waals surface area contributed by atoms with Crippen molar-refractivity contribution in [3.63, 3.8) is 0 Å². The molecule has 0 aliphatic heterocycles. The fourth-order valence-electron chi connectivity index (χ4n) is 2.53. The average Bonchev–Trinajstić information content (AvgIpc) is 2.29. The van der Waals surface area contributed by atoms with Gasteiger partial charge in [-0.25, -0.2) is 0 Å². The van der Waals surface area contributed by atoms with Gasteiger partial charge in [-0.05, 0) is 29.4 Å². The van der Waals surface area contributed by atoms with Crippen LogP contribution in [-0.2, 0) is 4.79 Å². The molecule has 0 saturated heterocycles. The van der Waals surface area contributed by atoms with Gasteiger partial charge in [0, 0.05) is 12.8 Å². The highest BCUT2D eigenvalue weighted by Gasteiger charge is 2.33. The third-order valence-corrected chi connectivity index (χ3v) is 3.62. The average molecular weight is 214 g/mol. The molecule has 0 N–H and O–H groups in total. The number of carbonyl (C=O) groups is 1. The standard InChI is InChI=1S/C15H18O/c1-12(13-7-4-3-5-8-13)15(2)10-6-9-14(16)11-15/h3-5,7-8H,1,6,9-11H2,2H3/t15-/m1/s1. The van der Waals surface area contributed by atoms with Gasteiger partial charge in [-0.1, -0.05) is 43.8 Å². The second-order valence-electron chi connectivity index (χ2n) is 4.97. The zero-order valence-corrected chi connectivity index (χ0v) is 9.83. The smallest absolute Gasteiger partial charge is 0.133 e. The first-order valence-electron chi connectivity index (χ1n) is 5.88. The lowest BCUT2D eigenvalue weighted by molar-refractivity contribution is -0.122. The normalized spacial score (nSPS) is 25.4. The first-order chi connectivity index (χ1) is 7.62. The summed E-state index contributed by atoms with van der Waals surface area (Å²) in [5.41, 5.74) is 2.25. The van der Waals surface area contributed by atoms with Gasteiger partial charge in [0.2, 0.25) is 0 Å². The predicted octanol–water partition coefficient (Wildman–Crippen LogP) is 3.85. The first kappa shape index (κ1) is 11.1. The Balaban J connectivity index is 2.24. The Hall–Kier alpha value is -1.37. The van der Waals surface area contributed by atoms with E-state index >= 15 is 0 Å². The maximum absolute atomic E-state index is 11.6. The van der Waals surface area contributed by atoms with Crippen molar-refractivity contribution in [2.24, 2.45) is 5.41 Å². The summed E-state index contributed by atoms with van der Waals surface area (Å²) < 4.78 is 0. The molecule has 0 bridgehead atoms. The first-order valence-corrected chi connectivity index (χ1v) is 5.88. The fraction of sp³-hybridized carbons (Fsp3) is 0.400. The molecule has 1 nitrogen and oxygen atoms in total. The Kier molecular flexibility index (Phi) is 2.95. The molecule has 1 aromatic rings. The molecule has 0 spiro atoms. The summed E-state index contributed by atoms with van der Waals surface area (Å²) in [4.78, 5) is 11.6. The lowest BCUT2D eigenvalue weighted by atomic mass is 9.69. The van der Waals surface area contributed by atoms with Gasteiger partial charge in [0.25, 0.3) is 0 Å². The highest BCUT2D eigenvalue weighted by Crippen LogP contribution is 2.44. The molecule has 1 atom stereocenters. The van der Waals surface area contributed by atoms with E-state index in [1.807, 2.05) is 18.2 Å². The molecule has 84 valence electrons. The summed E-state index contributed by atoms with van der Waals surface area (Å²) in [6.07, 6.45) is 3.48.